The highest BCUT2D eigenvalue weighted by Crippen LogP contribution is 2.32. The molecule has 8 nitrogen and oxygen atoms in total. The summed E-state index contributed by atoms with van der Waals surface area (Å²) in [4.78, 5) is 34.2. The summed E-state index contributed by atoms with van der Waals surface area (Å²) in [6.45, 7) is 5.30. The van der Waals surface area contributed by atoms with E-state index in [2.05, 4.69) is 29.7 Å². The maximum absolute atomic E-state index is 11.4. The van der Waals surface area contributed by atoms with Gasteiger partial charge in [0, 0.05) is 26.2 Å². The number of Topliss-reactive ketones (excluding diaryl/α,β-unsaturated/α-hetero) is 1. The molecule has 0 amide bonds. The summed E-state index contributed by atoms with van der Waals surface area (Å²) in [7, 11) is 0. The highest BCUT2D eigenvalue weighted by atomic mass is 16.5. The van der Waals surface area contributed by atoms with E-state index in [0.29, 0.717) is 5.52 Å². The first kappa shape index (κ1) is 17.9. The van der Waals surface area contributed by atoms with Crippen molar-refractivity contribution >= 4 is 28.5 Å². The van der Waals surface area contributed by atoms with Crippen molar-refractivity contribution in [2.24, 2.45) is 0 Å². The molecule has 8 heteroatoms. The SMILES string of the molecule is CC(=O)COc1nc(N2CCCCC2)c2ncnc(N3CCCCC3)c2n1. The fourth-order valence-corrected chi connectivity index (χ4v) is 3.79. The minimum Gasteiger partial charge on any atom is -0.455 e. The van der Waals surface area contributed by atoms with Crippen molar-refractivity contribution in [3.8, 4) is 6.01 Å². The number of hydrogen-bond acceptors (Lipinski definition) is 8. The summed E-state index contributed by atoms with van der Waals surface area (Å²) in [5.74, 6) is 1.57. The number of ether oxygens (including phenoxy) is 1. The molecule has 0 bridgehead atoms. The van der Waals surface area contributed by atoms with Gasteiger partial charge in [0.05, 0.1) is 0 Å². The minimum atomic E-state index is -0.0567. The fraction of sp³-hybridized carbons (Fsp3) is 0.632. The zero-order valence-electron chi connectivity index (χ0n) is 15.9. The summed E-state index contributed by atoms with van der Waals surface area (Å²) in [6, 6.07) is 0.228. The molecule has 0 spiro atoms. The molecule has 0 radical (unpaired) electrons. The van der Waals surface area contributed by atoms with E-state index < -0.39 is 0 Å². The predicted octanol–water partition coefficient (Wildman–Crippen LogP) is 2.37. The van der Waals surface area contributed by atoms with Gasteiger partial charge in [0.25, 0.3) is 0 Å². The second-order valence-electron chi connectivity index (χ2n) is 7.31. The lowest BCUT2D eigenvalue weighted by molar-refractivity contribution is -0.119. The topological polar surface area (TPSA) is 84.3 Å². The van der Waals surface area contributed by atoms with Crippen LogP contribution >= 0.6 is 0 Å². The molecule has 4 heterocycles. The average Bonchev–Trinajstić information content (AvgIpc) is 2.72. The second-order valence-corrected chi connectivity index (χ2v) is 7.31. The Morgan fingerprint density at radius 1 is 0.889 bits per heavy atom. The van der Waals surface area contributed by atoms with Gasteiger partial charge < -0.3 is 14.5 Å². The van der Waals surface area contributed by atoms with Gasteiger partial charge in [0.15, 0.2) is 17.4 Å². The molecule has 27 heavy (non-hydrogen) atoms. The summed E-state index contributed by atoms with van der Waals surface area (Å²) < 4.78 is 5.58. The number of rotatable bonds is 5. The van der Waals surface area contributed by atoms with E-state index in [4.69, 9.17) is 4.74 Å². The molecule has 0 aromatic carbocycles. The van der Waals surface area contributed by atoms with Crippen LogP contribution in [-0.4, -0.2) is 58.5 Å². The lowest BCUT2D eigenvalue weighted by Crippen LogP contribution is -2.32. The fourth-order valence-electron chi connectivity index (χ4n) is 3.79. The number of ketones is 1. The maximum Gasteiger partial charge on any atom is 0.319 e. The molecule has 0 atom stereocenters. The average molecular weight is 370 g/mol. The summed E-state index contributed by atoms with van der Waals surface area (Å²) in [5.41, 5.74) is 1.48. The molecule has 2 aromatic rings. The molecular weight excluding hydrogens is 344 g/mol. The second kappa shape index (κ2) is 8.02. The first-order valence-electron chi connectivity index (χ1n) is 9.87. The smallest absolute Gasteiger partial charge is 0.319 e. The summed E-state index contributed by atoms with van der Waals surface area (Å²) >= 11 is 0. The number of fused-ring (bicyclic) bond motifs is 1. The molecule has 2 aromatic heterocycles. The number of carbonyl (C=O) groups is 1. The van der Waals surface area contributed by atoms with Gasteiger partial charge in [-0.15, -0.1) is 0 Å². The third-order valence-corrected chi connectivity index (χ3v) is 5.14. The van der Waals surface area contributed by atoms with E-state index >= 15 is 0 Å². The first-order chi connectivity index (χ1) is 13.2. The van der Waals surface area contributed by atoms with E-state index in [0.717, 1.165) is 69.0 Å². The van der Waals surface area contributed by atoms with Crippen LogP contribution in [0.3, 0.4) is 0 Å². The zero-order chi connectivity index (χ0) is 18.6. The minimum absolute atomic E-state index is 0.0301. The van der Waals surface area contributed by atoms with Crippen LogP contribution in [0.5, 0.6) is 6.01 Å². The van der Waals surface area contributed by atoms with Crippen LogP contribution < -0.4 is 14.5 Å². The zero-order valence-corrected chi connectivity index (χ0v) is 15.9. The number of aromatic nitrogens is 4. The Bertz CT molecular complexity index is 815. The van der Waals surface area contributed by atoms with Crippen LogP contribution in [0.2, 0.25) is 0 Å². The lowest BCUT2D eigenvalue weighted by Gasteiger charge is -2.30. The Kier molecular flexibility index (Phi) is 5.31. The van der Waals surface area contributed by atoms with Crippen LogP contribution in [0.4, 0.5) is 11.6 Å². The van der Waals surface area contributed by atoms with E-state index in [-0.39, 0.29) is 18.4 Å². The van der Waals surface area contributed by atoms with Gasteiger partial charge >= 0.3 is 6.01 Å². The Morgan fingerprint density at radius 2 is 1.52 bits per heavy atom. The molecule has 0 N–H and O–H groups in total. The van der Waals surface area contributed by atoms with Gasteiger partial charge in [-0.1, -0.05) is 0 Å². The molecule has 0 unspecified atom stereocenters. The van der Waals surface area contributed by atoms with Crippen LogP contribution in [0, 0.1) is 0 Å². The predicted molar refractivity (Wildman–Crippen MR) is 103 cm³/mol. The Morgan fingerprint density at radius 3 is 2.15 bits per heavy atom. The molecule has 0 aliphatic carbocycles. The highest BCUT2D eigenvalue weighted by Gasteiger charge is 2.23. The monoisotopic (exact) mass is 370 g/mol. The third-order valence-electron chi connectivity index (χ3n) is 5.14. The van der Waals surface area contributed by atoms with Crippen molar-refractivity contribution in [1.29, 1.82) is 0 Å². The van der Waals surface area contributed by atoms with Crippen molar-refractivity contribution in [3.05, 3.63) is 6.33 Å². The Hall–Kier alpha value is -2.51. The van der Waals surface area contributed by atoms with Crippen LogP contribution in [0.15, 0.2) is 6.33 Å². The molecule has 2 aliphatic heterocycles. The van der Waals surface area contributed by atoms with Gasteiger partial charge in [-0.05, 0) is 45.4 Å². The lowest BCUT2D eigenvalue weighted by atomic mass is 10.1. The van der Waals surface area contributed by atoms with E-state index in [1.807, 2.05) is 0 Å². The van der Waals surface area contributed by atoms with Gasteiger partial charge in [0.2, 0.25) is 0 Å². The maximum atomic E-state index is 11.4. The molecule has 2 saturated heterocycles. The van der Waals surface area contributed by atoms with Crippen LogP contribution in [0.25, 0.3) is 11.0 Å². The van der Waals surface area contributed by atoms with Gasteiger partial charge in [0.1, 0.15) is 24.0 Å². The Labute approximate surface area is 159 Å². The van der Waals surface area contributed by atoms with Crippen molar-refractivity contribution in [2.75, 3.05) is 42.6 Å². The summed E-state index contributed by atoms with van der Waals surface area (Å²) in [5, 5.41) is 0. The van der Waals surface area contributed by atoms with Gasteiger partial charge in [-0.25, -0.2) is 9.97 Å². The summed E-state index contributed by atoms with van der Waals surface area (Å²) in [6.07, 6.45) is 8.69. The van der Waals surface area contributed by atoms with E-state index in [9.17, 15) is 4.79 Å². The van der Waals surface area contributed by atoms with Gasteiger partial charge in [-0.3, -0.25) is 4.79 Å². The van der Waals surface area contributed by atoms with Crippen LogP contribution in [0.1, 0.15) is 45.4 Å². The largest absolute Gasteiger partial charge is 0.455 e. The molecule has 0 saturated carbocycles. The van der Waals surface area contributed by atoms with E-state index in [1.165, 1.54) is 19.8 Å². The number of anilines is 2. The quantitative estimate of drug-likeness (QED) is 0.793. The number of hydrogen-bond donors (Lipinski definition) is 0. The Balaban J connectivity index is 1.79. The van der Waals surface area contributed by atoms with Crippen molar-refractivity contribution in [1.82, 2.24) is 19.9 Å². The molecule has 2 aliphatic rings. The highest BCUT2D eigenvalue weighted by molar-refractivity contribution is 5.93. The third kappa shape index (κ3) is 3.94. The molecule has 2 fully saturated rings. The normalized spacial score (nSPS) is 18.0. The molecule has 4 rings (SSSR count). The van der Waals surface area contributed by atoms with Gasteiger partial charge in [-0.2, -0.15) is 9.97 Å². The molecule has 144 valence electrons. The van der Waals surface area contributed by atoms with E-state index in [1.54, 1.807) is 6.33 Å². The number of carbonyl (C=O) groups excluding carboxylic acids is 1. The number of nitrogens with zero attached hydrogens (tertiary/aromatic N) is 6. The van der Waals surface area contributed by atoms with Crippen LogP contribution in [-0.2, 0) is 4.79 Å². The van der Waals surface area contributed by atoms with Crippen molar-refractivity contribution in [2.45, 2.75) is 45.4 Å². The van der Waals surface area contributed by atoms with Crippen molar-refractivity contribution < 1.29 is 9.53 Å². The molecular formula is C19H26N6O2. The number of piperidine rings is 2. The first-order valence-corrected chi connectivity index (χ1v) is 9.87. The van der Waals surface area contributed by atoms with Crippen molar-refractivity contribution in [3.63, 3.8) is 0 Å². The standard InChI is InChI=1S/C19H26N6O2/c1-14(26)12-27-19-22-16-15(18(23-19)25-10-6-3-7-11-25)20-13-21-17(16)24-8-4-2-5-9-24/h13H,2-12H2,1H3.